The van der Waals surface area contributed by atoms with Crippen LogP contribution in [0, 0.1) is 11.2 Å². The number of hydrogen-bond acceptors (Lipinski definition) is 3. The Balaban J connectivity index is 1.54. The number of amides is 1. The van der Waals surface area contributed by atoms with Gasteiger partial charge < -0.3 is 9.80 Å². The van der Waals surface area contributed by atoms with Gasteiger partial charge in [0.05, 0.1) is 5.41 Å². The zero-order chi connectivity index (χ0) is 15.9. The molecule has 0 bridgehead atoms. The van der Waals surface area contributed by atoms with E-state index in [1.807, 2.05) is 4.90 Å². The molecule has 1 aliphatic carbocycles. The molecule has 1 saturated carbocycles. The number of pyridine rings is 1. The minimum absolute atomic E-state index is 0.291. The molecule has 1 aromatic heterocycles. The number of piperidine rings is 1. The van der Waals surface area contributed by atoms with E-state index in [-0.39, 0.29) is 11.2 Å². The van der Waals surface area contributed by atoms with Gasteiger partial charge >= 0.3 is 0 Å². The minimum atomic E-state index is -0.315. The number of carbonyl (C=O) groups is 1. The Bertz CT molecular complexity index is 602. The molecule has 1 aromatic rings. The van der Waals surface area contributed by atoms with E-state index in [1.54, 1.807) is 12.3 Å². The molecule has 23 heavy (non-hydrogen) atoms. The Morgan fingerprint density at radius 1 is 1.17 bits per heavy atom. The predicted octanol–water partition coefficient (Wildman–Crippen LogP) is 2.98. The highest BCUT2D eigenvalue weighted by atomic mass is 19.1. The zero-order valence-corrected chi connectivity index (χ0v) is 13.5. The normalized spacial score (nSPS) is 29.0. The molecule has 0 radical (unpaired) electrons. The fourth-order valence-corrected chi connectivity index (χ4v) is 4.71. The van der Waals surface area contributed by atoms with Crippen LogP contribution in [0.5, 0.6) is 0 Å². The summed E-state index contributed by atoms with van der Waals surface area (Å²) in [4.78, 5) is 21.5. The number of likely N-dealkylation sites (tertiary alicyclic amines) is 1. The van der Waals surface area contributed by atoms with Crippen molar-refractivity contribution in [2.45, 2.75) is 51.0 Å². The molecular formula is C18H24FN3O. The monoisotopic (exact) mass is 317 g/mol. The highest BCUT2D eigenvalue weighted by Crippen LogP contribution is 2.43. The first-order chi connectivity index (χ1) is 11.2. The third-order valence-corrected chi connectivity index (χ3v) is 5.93. The molecule has 3 heterocycles. The van der Waals surface area contributed by atoms with Crippen LogP contribution in [0.15, 0.2) is 18.3 Å². The molecule has 1 amide bonds. The first kappa shape index (κ1) is 14.9. The van der Waals surface area contributed by atoms with Gasteiger partial charge in [0.15, 0.2) is 11.6 Å². The largest absolute Gasteiger partial charge is 0.353 e. The Morgan fingerprint density at radius 3 is 2.78 bits per heavy atom. The van der Waals surface area contributed by atoms with Crippen LogP contribution in [0.1, 0.15) is 44.9 Å². The van der Waals surface area contributed by atoms with Crippen LogP contribution in [0.3, 0.4) is 0 Å². The summed E-state index contributed by atoms with van der Waals surface area (Å²) in [6, 6.07) is 3.50. The molecular weight excluding hydrogens is 293 g/mol. The van der Waals surface area contributed by atoms with Gasteiger partial charge in [-0.3, -0.25) is 4.79 Å². The van der Waals surface area contributed by atoms with E-state index in [1.165, 1.54) is 18.9 Å². The van der Waals surface area contributed by atoms with E-state index in [9.17, 15) is 9.18 Å². The van der Waals surface area contributed by atoms with Gasteiger partial charge in [0.2, 0.25) is 5.91 Å². The molecule has 1 spiro atoms. The standard InChI is InChI=1S/C18H24FN3O/c19-15-7-3-10-20-16(15)21-12-9-18(13-21)8-4-11-22(17(18)23)14-5-1-2-6-14/h3,7,10,14H,1-2,4-6,8-9,11-13H2/t18-/m1/s1. The van der Waals surface area contributed by atoms with E-state index in [0.29, 0.717) is 24.3 Å². The van der Waals surface area contributed by atoms with E-state index in [4.69, 9.17) is 0 Å². The summed E-state index contributed by atoms with van der Waals surface area (Å²) < 4.78 is 14.0. The summed E-state index contributed by atoms with van der Waals surface area (Å²) in [6.45, 7) is 2.24. The quantitative estimate of drug-likeness (QED) is 0.841. The first-order valence-corrected chi connectivity index (χ1v) is 8.86. The lowest BCUT2D eigenvalue weighted by Gasteiger charge is -2.42. The summed E-state index contributed by atoms with van der Waals surface area (Å²) >= 11 is 0. The van der Waals surface area contributed by atoms with Crippen molar-refractivity contribution in [3.05, 3.63) is 24.1 Å². The molecule has 4 nitrogen and oxygen atoms in total. The number of aromatic nitrogens is 1. The fraction of sp³-hybridized carbons (Fsp3) is 0.667. The van der Waals surface area contributed by atoms with Gasteiger partial charge in [0.25, 0.3) is 0 Å². The van der Waals surface area contributed by atoms with Crippen LogP contribution in [-0.2, 0) is 4.79 Å². The molecule has 1 atom stereocenters. The average Bonchev–Trinajstić information content (AvgIpc) is 3.22. The van der Waals surface area contributed by atoms with E-state index in [2.05, 4.69) is 9.88 Å². The Kier molecular flexibility index (Phi) is 3.74. The van der Waals surface area contributed by atoms with E-state index in [0.717, 1.165) is 45.2 Å². The molecule has 5 heteroatoms. The highest BCUT2D eigenvalue weighted by Gasteiger charge is 2.50. The van der Waals surface area contributed by atoms with Crippen LogP contribution in [0.2, 0.25) is 0 Å². The van der Waals surface area contributed by atoms with Crippen molar-refractivity contribution in [3.63, 3.8) is 0 Å². The van der Waals surface area contributed by atoms with Crippen molar-refractivity contribution in [1.82, 2.24) is 9.88 Å². The van der Waals surface area contributed by atoms with Crippen LogP contribution < -0.4 is 4.90 Å². The molecule has 2 aliphatic heterocycles. The lowest BCUT2D eigenvalue weighted by Crippen LogP contribution is -2.53. The minimum Gasteiger partial charge on any atom is -0.353 e. The van der Waals surface area contributed by atoms with Gasteiger partial charge in [-0.25, -0.2) is 9.37 Å². The van der Waals surface area contributed by atoms with Gasteiger partial charge in [-0.15, -0.1) is 0 Å². The molecule has 0 aromatic carbocycles. The van der Waals surface area contributed by atoms with Crippen LogP contribution in [-0.4, -0.2) is 41.5 Å². The number of halogens is 1. The van der Waals surface area contributed by atoms with E-state index >= 15 is 0 Å². The second-order valence-corrected chi connectivity index (χ2v) is 7.30. The molecule has 4 rings (SSSR count). The van der Waals surface area contributed by atoms with Crippen LogP contribution in [0.4, 0.5) is 10.2 Å². The maximum absolute atomic E-state index is 14.0. The lowest BCUT2D eigenvalue weighted by atomic mass is 9.77. The average molecular weight is 317 g/mol. The van der Waals surface area contributed by atoms with Crippen LogP contribution in [0.25, 0.3) is 0 Å². The van der Waals surface area contributed by atoms with Crippen molar-refractivity contribution < 1.29 is 9.18 Å². The smallest absolute Gasteiger partial charge is 0.230 e. The molecule has 124 valence electrons. The Hall–Kier alpha value is -1.65. The van der Waals surface area contributed by atoms with Crippen molar-refractivity contribution in [2.75, 3.05) is 24.5 Å². The number of anilines is 1. The highest BCUT2D eigenvalue weighted by molar-refractivity contribution is 5.85. The third-order valence-electron chi connectivity index (χ3n) is 5.93. The van der Waals surface area contributed by atoms with Crippen molar-refractivity contribution >= 4 is 11.7 Å². The Morgan fingerprint density at radius 2 is 2.00 bits per heavy atom. The Labute approximate surface area is 136 Å². The molecule has 3 fully saturated rings. The number of carbonyl (C=O) groups excluding carboxylic acids is 1. The summed E-state index contributed by atoms with van der Waals surface area (Å²) in [5, 5.41) is 0. The van der Waals surface area contributed by atoms with Gasteiger partial charge in [0.1, 0.15) is 0 Å². The molecule has 2 saturated heterocycles. The van der Waals surface area contributed by atoms with E-state index < -0.39 is 0 Å². The van der Waals surface area contributed by atoms with Gasteiger partial charge in [0, 0.05) is 31.9 Å². The first-order valence-electron chi connectivity index (χ1n) is 8.86. The fourth-order valence-electron chi connectivity index (χ4n) is 4.71. The van der Waals surface area contributed by atoms with Crippen molar-refractivity contribution in [3.8, 4) is 0 Å². The summed E-state index contributed by atoms with van der Waals surface area (Å²) in [5.41, 5.74) is -0.315. The van der Waals surface area contributed by atoms with Gasteiger partial charge in [-0.2, -0.15) is 0 Å². The summed E-state index contributed by atoms with van der Waals surface area (Å²) in [7, 11) is 0. The van der Waals surface area contributed by atoms with Crippen molar-refractivity contribution in [2.24, 2.45) is 5.41 Å². The molecule has 3 aliphatic rings. The van der Waals surface area contributed by atoms with Crippen LogP contribution >= 0.6 is 0 Å². The topological polar surface area (TPSA) is 36.4 Å². The number of rotatable bonds is 2. The number of hydrogen-bond donors (Lipinski definition) is 0. The molecule has 0 unspecified atom stereocenters. The van der Waals surface area contributed by atoms with Crippen molar-refractivity contribution in [1.29, 1.82) is 0 Å². The lowest BCUT2D eigenvalue weighted by molar-refractivity contribution is -0.147. The number of nitrogens with zero attached hydrogens (tertiary/aromatic N) is 3. The SMILES string of the molecule is O=C1N(C2CCCC2)CCC[C@]12CCN(c1ncccc1F)C2. The maximum Gasteiger partial charge on any atom is 0.230 e. The second-order valence-electron chi connectivity index (χ2n) is 7.30. The maximum atomic E-state index is 14.0. The summed E-state index contributed by atoms with van der Waals surface area (Å²) in [6.07, 6.45) is 9.24. The predicted molar refractivity (Wildman–Crippen MR) is 86.7 cm³/mol. The summed E-state index contributed by atoms with van der Waals surface area (Å²) in [5.74, 6) is 0.421. The molecule has 0 N–H and O–H groups in total. The zero-order valence-electron chi connectivity index (χ0n) is 13.5. The third kappa shape index (κ3) is 2.50. The second kappa shape index (κ2) is 5.77. The van der Waals surface area contributed by atoms with Gasteiger partial charge in [-0.1, -0.05) is 12.8 Å². The van der Waals surface area contributed by atoms with Gasteiger partial charge in [-0.05, 0) is 44.2 Å².